The molecule has 7 heteroatoms. The SMILES string of the molecule is N#Cc1c(Cl)nsc1N1CCC(n2ccnc2)CC1. The molecule has 0 amide bonds. The van der Waals surface area contributed by atoms with Crippen molar-refractivity contribution in [2.45, 2.75) is 18.9 Å². The highest BCUT2D eigenvalue weighted by molar-refractivity contribution is 7.10. The molecule has 0 atom stereocenters. The molecule has 0 spiro atoms. The summed E-state index contributed by atoms with van der Waals surface area (Å²) in [4.78, 5) is 6.29. The van der Waals surface area contributed by atoms with Crippen LogP contribution in [0.1, 0.15) is 24.4 Å². The van der Waals surface area contributed by atoms with Crippen molar-refractivity contribution in [3.05, 3.63) is 29.4 Å². The molecule has 0 aliphatic carbocycles. The van der Waals surface area contributed by atoms with Crippen molar-refractivity contribution in [1.29, 1.82) is 5.26 Å². The number of anilines is 1. The van der Waals surface area contributed by atoms with E-state index in [9.17, 15) is 0 Å². The number of nitriles is 1. The second kappa shape index (κ2) is 5.19. The number of imidazole rings is 1. The number of nitrogens with zero attached hydrogens (tertiary/aromatic N) is 5. The molecular formula is C12H12ClN5S. The van der Waals surface area contributed by atoms with Crippen LogP contribution in [-0.4, -0.2) is 27.0 Å². The predicted octanol–water partition coefficient (Wildman–Crippen LogP) is 2.71. The van der Waals surface area contributed by atoms with Gasteiger partial charge in [0.05, 0.1) is 6.33 Å². The highest BCUT2D eigenvalue weighted by Crippen LogP contribution is 2.34. The van der Waals surface area contributed by atoms with Gasteiger partial charge in [0.25, 0.3) is 0 Å². The quantitative estimate of drug-likeness (QED) is 0.854. The number of halogens is 1. The van der Waals surface area contributed by atoms with Crippen molar-refractivity contribution in [3.63, 3.8) is 0 Å². The lowest BCUT2D eigenvalue weighted by atomic mass is 10.1. The molecule has 0 saturated carbocycles. The van der Waals surface area contributed by atoms with Crippen molar-refractivity contribution >= 4 is 28.1 Å². The molecule has 0 aromatic carbocycles. The van der Waals surface area contributed by atoms with Crippen molar-refractivity contribution < 1.29 is 0 Å². The molecule has 1 saturated heterocycles. The van der Waals surface area contributed by atoms with Crippen LogP contribution in [0, 0.1) is 11.3 Å². The summed E-state index contributed by atoms with van der Waals surface area (Å²) in [6.07, 6.45) is 7.76. The van der Waals surface area contributed by atoms with E-state index in [-0.39, 0.29) is 0 Å². The Hall–Kier alpha value is -1.58. The van der Waals surface area contributed by atoms with Gasteiger partial charge in [-0.05, 0) is 24.4 Å². The predicted molar refractivity (Wildman–Crippen MR) is 74.6 cm³/mol. The van der Waals surface area contributed by atoms with Gasteiger partial charge in [-0.25, -0.2) is 4.98 Å². The van der Waals surface area contributed by atoms with E-state index in [0.29, 0.717) is 16.8 Å². The standard InChI is InChI=1S/C12H12ClN5S/c13-11-10(7-14)12(19-16-11)17-4-1-9(2-5-17)18-6-3-15-8-18/h3,6,8-9H,1-2,4-5H2. The first kappa shape index (κ1) is 12.5. The Morgan fingerprint density at radius 2 is 2.21 bits per heavy atom. The zero-order valence-corrected chi connectivity index (χ0v) is 11.7. The fourth-order valence-electron chi connectivity index (χ4n) is 2.43. The number of piperidine rings is 1. The third kappa shape index (κ3) is 2.31. The largest absolute Gasteiger partial charge is 0.361 e. The van der Waals surface area contributed by atoms with Crippen molar-refractivity contribution in [1.82, 2.24) is 13.9 Å². The summed E-state index contributed by atoms with van der Waals surface area (Å²) in [5, 5.41) is 10.3. The smallest absolute Gasteiger partial charge is 0.162 e. The lowest BCUT2D eigenvalue weighted by Gasteiger charge is -2.33. The summed E-state index contributed by atoms with van der Waals surface area (Å²) in [5.74, 6) is 0. The van der Waals surface area contributed by atoms with Gasteiger partial charge in [-0.3, -0.25) is 0 Å². The molecule has 1 fully saturated rings. The zero-order valence-electron chi connectivity index (χ0n) is 10.2. The van der Waals surface area contributed by atoms with Gasteiger partial charge in [-0.15, -0.1) is 0 Å². The van der Waals surface area contributed by atoms with Gasteiger partial charge in [-0.1, -0.05) is 11.6 Å². The van der Waals surface area contributed by atoms with Crippen LogP contribution >= 0.6 is 23.1 Å². The molecule has 3 heterocycles. The highest BCUT2D eigenvalue weighted by atomic mass is 35.5. The Morgan fingerprint density at radius 3 is 2.84 bits per heavy atom. The molecule has 1 aliphatic rings. The van der Waals surface area contributed by atoms with Gasteiger partial charge in [0.15, 0.2) is 5.15 Å². The monoisotopic (exact) mass is 293 g/mol. The van der Waals surface area contributed by atoms with E-state index in [1.807, 2.05) is 18.7 Å². The van der Waals surface area contributed by atoms with E-state index in [0.717, 1.165) is 30.9 Å². The maximum absolute atomic E-state index is 9.11. The number of aromatic nitrogens is 3. The minimum Gasteiger partial charge on any atom is -0.361 e. The van der Waals surface area contributed by atoms with Gasteiger partial charge < -0.3 is 9.47 Å². The topological polar surface area (TPSA) is 57.7 Å². The maximum atomic E-state index is 9.11. The molecule has 1 aliphatic heterocycles. The average molecular weight is 294 g/mol. The normalized spacial score (nSPS) is 16.5. The van der Waals surface area contributed by atoms with Crippen molar-refractivity contribution in [2.24, 2.45) is 0 Å². The van der Waals surface area contributed by atoms with Crippen LogP contribution in [0.3, 0.4) is 0 Å². The van der Waals surface area contributed by atoms with Crippen LogP contribution in [-0.2, 0) is 0 Å². The first-order chi connectivity index (χ1) is 9.29. The van der Waals surface area contributed by atoms with E-state index in [2.05, 4.69) is 24.9 Å². The van der Waals surface area contributed by atoms with Crippen LogP contribution in [0.5, 0.6) is 0 Å². The summed E-state index contributed by atoms with van der Waals surface area (Å²) in [6, 6.07) is 2.63. The number of rotatable bonds is 2. The molecule has 0 unspecified atom stereocenters. The third-order valence-electron chi connectivity index (χ3n) is 3.44. The average Bonchev–Trinajstić information content (AvgIpc) is 3.08. The Bertz CT molecular complexity index is 592. The third-order valence-corrected chi connectivity index (χ3v) is 4.73. The fourth-order valence-corrected chi connectivity index (χ4v) is 3.51. The van der Waals surface area contributed by atoms with Gasteiger partial charge in [0.2, 0.25) is 0 Å². The number of hydrogen-bond donors (Lipinski definition) is 0. The molecule has 0 radical (unpaired) electrons. The lowest BCUT2D eigenvalue weighted by molar-refractivity contribution is 0.397. The van der Waals surface area contributed by atoms with Gasteiger partial charge in [-0.2, -0.15) is 9.64 Å². The molecule has 2 aromatic rings. The molecule has 2 aromatic heterocycles. The van der Waals surface area contributed by atoms with E-state index in [1.54, 1.807) is 0 Å². The minimum atomic E-state index is 0.319. The Morgan fingerprint density at radius 1 is 1.42 bits per heavy atom. The van der Waals surface area contributed by atoms with Crippen LogP contribution < -0.4 is 4.90 Å². The molecule has 0 bridgehead atoms. The second-order valence-electron chi connectivity index (χ2n) is 4.49. The molecule has 19 heavy (non-hydrogen) atoms. The zero-order chi connectivity index (χ0) is 13.2. The maximum Gasteiger partial charge on any atom is 0.162 e. The van der Waals surface area contributed by atoms with Gasteiger partial charge >= 0.3 is 0 Å². The Kier molecular flexibility index (Phi) is 3.40. The summed E-state index contributed by atoms with van der Waals surface area (Å²) < 4.78 is 6.21. The molecule has 0 N–H and O–H groups in total. The van der Waals surface area contributed by atoms with Gasteiger partial charge in [0.1, 0.15) is 16.6 Å². The summed E-state index contributed by atoms with van der Waals surface area (Å²) in [7, 11) is 0. The second-order valence-corrected chi connectivity index (χ2v) is 5.60. The highest BCUT2D eigenvalue weighted by Gasteiger charge is 2.24. The molecular weight excluding hydrogens is 282 g/mol. The first-order valence-electron chi connectivity index (χ1n) is 6.07. The van der Waals surface area contributed by atoms with Crippen LogP contribution in [0.15, 0.2) is 18.7 Å². The summed E-state index contributed by atoms with van der Waals surface area (Å²) >= 11 is 7.22. The summed E-state index contributed by atoms with van der Waals surface area (Å²) in [5.41, 5.74) is 0.507. The number of hydrogen-bond acceptors (Lipinski definition) is 5. The van der Waals surface area contributed by atoms with Crippen LogP contribution in [0.25, 0.3) is 0 Å². The van der Waals surface area contributed by atoms with Crippen LogP contribution in [0.2, 0.25) is 5.15 Å². The molecule has 98 valence electrons. The Labute approximate surface area is 120 Å². The summed E-state index contributed by atoms with van der Waals surface area (Å²) in [6.45, 7) is 1.83. The molecule has 5 nitrogen and oxygen atoms in total. The van der Waals surface area contributed by atoms with E-state index in [1.165, 1.54) is 11.5 Å². The van der Waals surface area contributed by atoms with E-state index in [4.69, 9.17) is 16.9 Å². The van der Waals surface area contributed by atoms with E-state index < -0.39 is 0 Å². The van der Waals surface area contributed by atoms with Crippen molar-refractivity contribution in [2.75, 3.05) is 18.0 Å². The lowest BCUT2D eigenvalue weighted by Crippen LogP contribution is -2.34. The Balaban J connectivity index is 1.72. The van der Waals surface area contributed by atoms with Crippen LogP contribution in [0.4, 0.5) is 5.00 Å². The fraction of sp³-hybridized carbons (Fsp3) is 0.417. The molecule has 3 rings (SSSR count). The first-order valence-corrected chi connectivity index (χ1v) is 7.22. The van der Waals surface area contributed by atoms with Crippen molar-refractivity contribution in [3.8, 4) is 6.07 Å². The van der Waals surface area contributed by atoms with E-state index >= 15 is 0 Å². The van der Waals surface area contributed by atoms with Gasteiger partial charge in [0, 0.05) is 31.5 Å². The minimum absolute atomic E-state index is 0.319.